The lowest BCUT2D eigenvalue weighted by Gasteiger charge is -2.40. The number of carbonyl (C=O) groups excluding carboxylic acids is 2. The molecule has 1 aliphatic rings. The Kier molecular flexibility index (Phi) is 5.39. The Hall–Kier alpha value is -3.80. The number of carbonyl (C=O) groups is 2. The van der Waals surface area contributed by atoms with Gasteiger partial charge in [0.05, 0.1) is 19.9 Å². The maximum atomic E-state index is 13.7. The first-order valence-corrected chi connectivity index (χ1v) is 9.59. The first kappa shape index (κ1) is 19.5. The first-order valence-electron chi connectivity index (χ1n) is 9.59. The normalized spacial score (nSPS) is 16.5. The van der Waals surface area contributed by atoms with Crippen molar-refractivity contribution in [3.8, 4) is 11.5 Å². The largest absolute Gasteiger partial charge is 0.497 e. The molecule has 1 aliphatic heterocycles. The van der Waals surface area contributed by atoms with Crippen molar-refractivity contribution in [2.24, 2.45) is 0 Å². The standard InChI is InChI=1S/C24H22N2O4/c1-29-19-13-14-20(21(15-19)30-2)25-16-22(27)26(18-11-7-4-8-12-18)23(24(25)28)17-9-5-3-6-10-17/h3-15,23H,16H2,1-2H3/t23-/m0/s1. The second-order valence-corrected chi connectivity index (χ2v) is 6.87. The average Bonchev–Trinajstić information content (AvgIpc) is 2.80. The fourth-order valence-electron chi connectivity index (χ4n) is 3.71. The Morgan fingerprint density at radius 1 is 0.833 bits per heavy atom. The van der Waals surface area contributed by atoms with E-state index in [0.29, 0.717) is 22.9 Å². The summed E-state index contributed by atoms with van der Waals surface area (Å²) < 4.78 is 10.7. The molecule has 3 aromatic rings. The monoisotopic (exact) mass is 402 g/mol. The number of para-hydroxylation sites is 1. The second-order valence-electron chi connectivity index (χ2n) is 6.87. The van der Waals surface area contributed by atoms with Gasteiger partial charge in [-0.2, -0.15) is 0 Å². The number of ether oxygens (including phenoxy) is 2. The fraction of sp³-hybridized carbons (Fsp3) is 0.167. The van der Waals surface area contributed by atoms with Gasteiger partial charge in [-0.05, 0) is 29.8 Å². The minimum absolute atomic E-state index is 0.0836. The van der Waals surface area contributed by atoms with E-state index in [1.54, 1.807) is 30.2 Å². The van der Waals surface area contributed by atoms with Crippen LogP contribution in [-0.4, -0.2) is 32.6 Å². The number of hydrogen-bond donors (Lipinski definition) is 0. The van der Waals surface area contributed by atoms with Gasteiger partial charge in [0.15, 0.2) is 0 Å². The molecule has 0 N–H and O–H groups in total. The molecule has 0 radical (unpaired) electrons. The average molecular weight is 402 g/mol. The molecule has 0 saturated carbocycles. The molecule has 1 atom stereocenters. The van der Waals surface area contributed by atoms with E-state index in [0.717, 1.165) is 5.56 Å². The van der Waals surface area contributed by atoms with Crippen molar-refractivity contribution in [3.05, 3.63) is 84.4 Å². The summed E-state index contributed by atoms with van der Waals surface area (Å²) in [6.07, 6.45) is 0. The van der Waals surface area contributed by atoms with Crippen LogP contribution in [0.4, 0.5) is 11.4 Å². The highest BCUT2D eigenvalue weighted by Gasteiger charge is 2.42. The van der Waals surface area contributed by atoms with E-state index in [1.807, 2.05) is 60.7 Å². The zero-order valence-electron chi connectivity index (χ0n) is 16.8. The predicted octanol–water partition coefficient (Wildman–Crippen LogP) is 3.82. The Morgan fingerprint density at radius 2 is 1.50 bits per heavy atom. The Bertz CT molecular complexity index is 1050. The second kappa shape index (κ2) is 8.29. The van der Waals surface area contributed by atoms with Gasteiger partial charge in [-0.3, -0.25) is 19.4 Å². The molecule has 0 spiro atoms. The van der Waals surface area contributed by atoms with Gasteiger partial charge in [0.2, 0.25) is 5.91 Å². The van der Waals surface area contributed by atoms with Gasteiger partial charge in [0, 0.05) is 11.8 Å². The van der Waals surface area contributed by atoms with Crippen molar-refractivity contribution in [1.29, 1.82) is 0 Å². The summed E-state index contributed by atoms with van der Waals surface area (Å²) in [6, 6.07) is 23.0. The number of rotatable bonds is 5. The molecule has 1 fully saturated rings. The molecule has 2 amide bonds. The van der Waals surface area contributed by atoms with Gasteiger partial charge in [-0.25, -0.2) is 0 Å². The van der Waals surface area contributed by atoms with E-state index in [9.17, 15) is 9.59 Å². The molecule has 4 rings (SSSR count). The summed E-state index contributed by atoms with van der Waals surface area (Å²) in [5.74, 6) is 0.702. The zero-order valence-corrected chi connectivity index (χ0v) is 16.8. The van der Waals surface area contributed by atoms with Crippen molar-refractivity contribution >= 4 is 23.2 Å². The minimum atomic E-state index is -0.776. The maximum absolute atomic E-state index is 13.7. The summed E-state index contributed by atoms with van der Waals surface area (Å²) >= 11 is 0. The molecule has 0 aromatic heterocycles. The third kappa shape index (κ3) is 3.48. The van der Waals surface area contributed by atoms with Crippen LogP contribution in [0.15, 0.2) is 78.9 Å². The van der Waals surface area contributed by atoms with E-state index >= 15 is 0 Å². The summed E-state index contributed by atoms with van der Waals surface area (Å²) in [4.78, 5) is 30.1. The van der Waals surface area contributed by atoms with Gasteiger partial charge in [0.1, 0.15) is 24.1 Å². The predicted molar refractivity (Wildman–Crippen MR) is 115 cm³/mol. The Morgan fingerprint density at radius 3 is 2.13 bits per heavy atom. The molecule has 1 saturated heterocycles. The van der Waals surface area contributed by atoms with Crippen LogP contribution in [0, 0.1) is 0 Å². The summed E-state index contributed by atoms with van der Waals surface area (Å²) in [5, 5.41) is 0. The molecule has 0 bridgehead atoms. The van der Waals surface area contributed by atoms with Crippen molar-refractivity contribution in [1.82, 2.24) is 0 Å². The topological polar surface area (TPSA) is 59.1 Å². The van der Waals surface area contributed by atoms with Crippen LogP contribution in [0.25, 0.3) is 0 Å². The van der Waals surface area contributed by atoms with Gasteiger partial charge in [-0.1, -0.05) is 48.5 Å². The van der Waals surface area contributed by atoms with Crippen molar-refractivity contribution < 1.29 is 19.1 Å². The third-order valence-corrected chi connectivity index (χ3v) is 5.15. The maximum Gasteiger partial charge on any atom is 0.255 e. The summed E-state index contributed by atoms with van der Waals surface area (Å²) in [5.41, 5.74) is 1.97. The Labute approximate surface area is 175 Å². The van der Waals surface area contributed by atoms with Gasteiger partial charge in [-0.15, -0.1) is 0 Å². The van der Waals surface area contributed by atoms with E-state index in [-0.39, 0.29) is 18.4 Å². The number of anilines is 2. The number of methoxy groups -OCH3 is 2. The smallest absolute Gasteiger partial charge is 0.255 e. The highest BCUT2D eigenvalue weighted by atomic mass is 16.5. The van der Waals surface area contributed by atoms with Crippen LogP contribution in [-0.2, 0) is 9.59 Å². The number of nitrogens with zero attached hydrogens (tertiary/aromatic N) is 2. The highest BCUT2D eigenvalue weighted by Crippen LogP contribution is 2.38. The van der Waals surface area contributed by atoms with E-state index in [4.69, 9.17) is 9.47 Å². The van der Waals surface area contributed by atoms with E-state index in [1.165, 1.54) is 12.0 Å². The number of amides is 2. The lowest BCUT2D eigenvalue weighted by Crippen LogP contribution is -2.56. The van der Waals surface area contributed by atoms with Crippen LogP contribution < -0.4 is 19.3 Å². The molecular formula is C24H22N2O4. The highest BCUT2D eigenvalue weighted by molar-refractivity contribution is 6.15. The molecule has 0 aliphatic carbocycles. The Balaban J connectivity index is 1.81. The fourth-order valence-corrected chi connectivity index (χ4v) is 3.71. The number of benzene rings is 3. The van der Waals surface area contributed by atoms with Crippen molar-refractivity contribution in [2.75, 3.05) is 30.6 Å². The molecule has 3 aromatic carbocycles. The first-order chi connectivity index (χ1) is 14.6. The molecule has 0 unspecified atom stereocenters. The molecule has 1 heterocycles. The van der Waals surface area contributed by atoms with E-state index < -0.39 is 6.04 Å². The number of hydrogen-bond acceptors (Lipinski definition) is 4. The van der Waals surface area contributed by atoms with Gasteiger partial charge in [0.25, 0.3) is 5.91 Å². The van der Waals surface area contributed by atoms with Gasteiger partial charge < -0.3 is 9.47 Å². The van der Waals surface area contributed by atoms with Crippen molar-refractivity contribution in [3.63, 3.8) is 0 Å². The van der Waals surface area contributed by atoms with Crippen LogP contribution in [0.1, 0.15) is 11.6 Å². The number of piperazine rings is 1. The molecule has 6 heteroatoms. The summed E-state index contributed by atoms with van der Waals surface area (Å²) in [7, 11) is 3.09. The van der Waals surface area contributed by atoms with Gasteiger partial charge >= 0.3 is 0 Å². The van der Waals surface area contributed by atoms with E-state index in [2.05, 4.69) is 0 Å². The SMILES string of the molecule is COc1ccc(N2CC(=O)N(c3ccccc3)[C@@H](c3ccccc3)C2=O)c(OC)c1. The molecule has 6 nitrogen and oxygen atoms in total. The minimum Gasteiger partial charge on any atom is -0.497 e. The lowest BCUT2D eigenvalue weighted by molar-refractivity contribution is -0.128. The van der Waals surface area contributed by atoms with Crippen molar-refractivity contribution in [2.45, 2.75) is 6.04 Å². The quantitative estimate of drug-likeness (QED) is 0.651. The van der Waals surface area contributed by atoms with Crippen LogP contribution in [0.3, 0.4) is 0 Å². The zero-order chi connectivity index (χ0) is 21.1. The molecule has 152 valence electrons. The molecular weight excluding hydrogens is 380 g/mol. The summed E-state index contributed by atoms with van der Waals surface area (Å²) in [6.45, 7) is -0.0836. The molecule has 30 heavy (non-hydrogen) atoms. The van der Waals surface area contributed by atoms with Crippen LogP contribution in [0.2, 0.25) is 0 Å². The van der Waals surface area contributed by atoms with Crippen LogP contribution >= 0.6 is 0 Å². The van der Waals surface area contributed by atoms with Crippen LogP contribution in [0.5, 0.6) is 11.5 Å². The third-order valence-electron chi connectivity index (χ3n) is 5.15. The lowest BCUT2D eigenvalue weighted by atomic mass is 9.99.